The molecule has 1 heterocycles. The quantitative estimate of drug-likeness (QED) is 0.469. The van der Waals surface area contributed by atoms with E-state index in [1.807, 2.05) is 0 Å². The number of anilines is 1. The molecule has 10 nitrogen and oxygen atoms in total. The summed E-state index contributed by atoms with van der Waals surface area (Å²) in [5.74, 6) is -1.25. The summed E-state index contributed by atoms with van der Waals surface area (Å²) >= 11 is 0. The summed E-state index contributed by atoms with van der Waals surface area (Å²) in [5.41, 5.74) is 5.41. The summed E-state index contributed by atoms with van der Waals surface area (Å²) in [6, 6.07) is 13.4. The molecule has 0 aliphatic rings. The lowest BCUT2D eigenvalue weighted by Gasteiger charge is -2.11. The predicted molar refractivity (Wildman–Crippen MR) is 109 cm³/mol. The maximum absolute atomic E-state index is 12.6. The molecule has 3 N–H and O–H groups in total. The van der Waals surface area contributed by atoms with Crippen molar-refractivity contribution in [3.63, 3.8) is 0 Å². The van der Waals surface area contributed by atoms with Crippen molar-refractivity contribution in [2.24, 2.45) is 5.73 Å². The minimum absolute atomic E-state index is 0.0638. The summed E-state index contributed by atoms with van der Waals surface area (Å²) in [4.78, 5) is 46.7. The van der Waals surface area contributed by atoms with Crippen molar-refractivity contribution < 1.29 is 14.5 Å². The van der Waals surface area contributed by atoms with Crippen molar-refractivity contribution >= 4 is 23.2 Å². The zero-order valence-electron chi connectivity index (χ0n) is 15.9. The number of carbonyl (C=O) groups excluding carboxylic acids is 2. The first kappa shape index (κ1) is 20.4. The number of carbonyl (C=O) groups is 2. The monoisotopic (exact) mass is 407 g/mol. The number of para-hydroxylation sites is 2. The Kier molecular flexibility index (Phi) is 5.68. The summed E-state index contributed by atoms with van der Waals surface area (Å²) < 4.78 is 1.18. The van der Waals surface area contributed by atoms with Crippen molar-refractivity contribution in [3.8, 4) is 5.69 Å². The number of nitro groups is 1. The summed E-state index contributed by atoms with van der Waals surface area (Å²) in [6.45, 7) is 1.56. The Morgan fingerprint density at radius 3 is 2.47 bits per heavy atom. The molecular weight excluding hydrogens is 390 g/mol. The van der Waals surface area contributed by atoms with Gasteiger partial charge in [0.25, 0.3) is 11.6 Å². The summed E-state index contributed by atoms with van der Waals surface area (Å²) in [6.07, 6.45) is 0.0638. The van der Waals surface area contributed by atoms with Crippen LogP contribution in [0.4, 0.5) is 11.4 Å². The predicted octanol–water partition coefficient (Wildman–Crippen LogP) is 1.73. The number of nitrogens with one attached hydrogen (secondary N) is 1. The standard InChI is InChI=1S/C20H17N5O5/c1-12-10-17(26)19(23-24(12)15-4-2-3-5-16(15)25(29)30)20(28)22-14-8-6-13(7-9-14)11-18(21)27/h2-10H,11H2,1H3,(H2,21,27)(H,22,28). The first-order valence-corrected chi connectivity index (χ1v) is 8.79. The maximum Gasteiger partial charge on any atom is 0.294 e. The maximum atomic E-state index is 12.6. The van der Waals surface area contributed by atoms with E-state index in [-0.39, 0.29) is 17.8 Å². The molecular formula is C20H17N5O5. The smallest absolute Gasteiger partial charge is 0.294 e. The van der Waals surface area contributed by atoms with Gasteiger partial charge < -0.3 is 11.1 Å². The van der Waals surface area contributed by atoms with E-state index in [9.17, 15) is 24.5 Å². The second-order valence-electron chi connectivity index (χ2n) is 6.45. The number of nitrogens with two attached hydrogens (primary N) is 1. The van der Waals surface area contributed by atoms with E-state index in [0.717, 1.165) is 0 Å². The molecule has 0 saturated carbocycles. The van der Waals surface area contributed by atoms with Gasteiger partial charge in [-0.25, -0.2) is 4.68 Å². The fourth-order valence-corrected chi connectivity index (χ4v) is 2.84. The molecule has 0 spiro atoms. The fourth-order valence-electron chi connectivity index (χ4n) is 2.84. The van der Waals surface area contributed by atoms with Gasteiger partial charge in [-0.05, 0) is 30.7 Å². The van der Waals surface area contributed by atoms with Crippen LogP contribution in [-0.4, -0.2) is 26.5 Å². The van der Waals surface area contributed by atoms with E-state index >= 15 is 0 Å². The van der Waals surface area contributed by atoms with Gasteiger partial charge in [-0.1, -0.05) is 24.3 Å². The van der Waals surface area contributed by atoms with Gasteiger partial charge in [0.15, 0.2) is 5.69 Å². The van der Waals surface area contributed by atoms with Crippen molar-refractivity contribution in [2.75, 3.05) is 5.32 Å². The van der Waals surface area contributed by atoms with Crippen molar-refractivity contribution in [3.05, 3.63) is 91.9 Å². The summed E-state index contributed by atoms with van der Waals surface area (Å²) in [7, 11) is 0. The number of hydrogen-bond donors (Lipinski definition) is 2. The van der Waals surface area contributed by atoms with Crippen LogP contribution >= 0.6 is 0 Å². The minimum atomic E-state index is -0.769. The van der Waals surface area contributed by atoms with E-state index in [0.29, 0.717) is 16.9 Å². The number of benzene rings is 2. The first-order valence-electron chi connectivity index (χ1n) is 8.79. The lowest BCUT2D eigenvalue weighted by atomic mass is 10.1. The first-order chi connectivity index (χ1) is 14.3. The Balaban J connectivity index is 1.94. The van der Waals surface area contributed by atoms with Crippen LogP contribution in [-0.2, 0) is 11.2 Å². The van der Waals surface area contributed by atoms with Crippen LogP contribution in [0.5, 0.6) is 0 Å². The van der Waals surface area contributed by atoms with Crippen LogP contribution in [0.25, 0.3) is 5.69 Å². The molecule has 0 aliphatic heterocycles. The minimum Gasteiger partial charge on any atom is -0.369 e. The van der Waals surface area contributed by atoms with Gasteiger partial charge in [-0.2, -0.15) is 5.10 Å². The summed E-state index contributed by atoms with van der Waals surface area (Å²) in [5, 5.41) is 17.9. The highest BCUT2D eigenvalue weighted by atomic mass is 16.6. The number of amides is 2. The molecule has 10 heteroatoms. The molecule has 2 amide bonds. The van der Waals surface area contributed by atoms with Gasteiger partial charge in [-0.15, -0.1) is 0 Å². The Morgan fingerprint density at radius 2 is 1.83 bits per heavy atom. The highest BCUT2D eigenvalue weighted by Crippen LogP contribution is 2.22. The second kappa shape index (κ2) is 8.35. The van der Waals surface area contributed by atoms with Crippen LogP contribution in [0.15, 0.2) is 59.4 Å². The third-order valence-electron chi connectivity index (χ3n) is 4.22. The van der Waals surface area contributed by atoms with Crippen molar-refractivity contribution in [2.45, 2.75) is 13.3 Å². The third kappa shape index (κ3) is 4.38. The van der Waals surface area contributed by atoms with E-state index in [1.54, 1.807) is 37.3 Å². The number of rotatable bonds is 6. The number of primary amides is 1. The van der Waals surface area contributed by atoms with Crippen LogP contribution < -0.4 is 16.5 Å². The largest absolute Gasteiger partial charge is 0.369 e. The molecule has 0 aliphatic carbocycles. The van der Waals surface area contributed by atoms with Gasteiger partial charge in [0, 0.05) is 23.5 Å². The molecule has 3 aromatic rings. The van der Waals surface area contributed by atoms with Crippen LogP contribution in [0.2, 0.25) is 0 Å². The highest BCUT2D eigenvalue weighted by Gasteiger charge is 2.20. The highest BCUT2D eigenvalue weighted by molar-refractivity contribution is 6.02. The van der Waals surface area contributed by atoms with E-state index in [2.05, 4.69) is 10.4 Å². The average Bonchev–Trinajstić information content (AvgIpc) is 2.69. The number of aromatic nitrogens is 2. The average molecular weight is 407 g/mol. The molecule has 2 aromatic carbocycles. The van der Waals surface area contributed by atoms with Gasteiger partial charge in [0.2, 0.25) is 11.3 Å². The molecule has 0 fully saturated rings. The van der Waals surface area contributed by atoms with E-state index in [1.165, 1.54) is 28.9 Å². The zero-order chi connectivity index (χ0) is 21.8. The Hall–Kier alpha value is -4.34. The van der Waals surface area contributed by atoms with Crippen molar-refractivity contribution in [1.29, 1.82) is 0 Å². The number of aryl methyl sites for hydroxylation is 1. The van der Waals surface area contributed by atoms with Crippen LogP contribution in [0, 0.1) is 17.0 Å². The molecule has 0 bridgehead atoms. The lowest BCUT2D eigenvalue weighted by Crippen LogP contribution is -2.27. The molecule has 0 atom stereocenters. The van der Waals surface area contributed by atoms with E-state index < -0.39 is 27.9 Å². The normalized spacial score (nSPS) is 10.4. The SMILES string of the molecule is Cc1cc(=O)c(C(=O)Nc2ccc(CC(N)=O)cc2)nn1-c1ccccc1[N+](=O)[O-]. The molecule has 30 heavy (non-hydrogen) atoms. The zero-order valence-corrected chi connectivity index (χ0v) is 15.9. The Labute approximate surface area is 170 Å². The fraction of sp³-hybridized carbons (Fsp3) is 0.100. The molecule has 1 aromatic heterocycles. The van der Waals surface area contributed by atoms with Crippen LogP contribution in [0.3, 0.4) is 0 Å². The lowest BCUT2D eigenvalue weighted by molar-refractivity contribution is -0.384. The van der Waals surface area contributed by atoms with E-state index in [4.69, 9.17) is 5.73 Å². The van der Waals surface area contributed by atoms with Gasteiger partial charge in [0.05, 0.1) is 11.3 Å². The Bertz CT molecular complexity index is 1200. The third-order valence-corrected chi connectivity index (χ3v) is 4.22. The Morgan fingerprint density at radius 1 is 1.17 bits per heavy atom. The molecule has 3 rings (SSSR count). The second-order valence-corrected chi connectivity index (χ2v) is 6.45. The van der Waals surface area contributed by atoms with Gasteiger partial charge in [0.1, 0.15) is 5.69 Å². The molecule has 0 saturated heterocycles. The number of nitro benzene ring substituents is 1. The number of hydrogen-bond acceptors (Lipinski definition) is 6. The number of nitrogens with zero attached hydrogens (tertiary/aromatic N) is 3. The molecule has 0 radical (unpaired) electrons. The van der Waals surface area contributed by atoms with Gasteiger partial charge in [-0.3, -0.25) is 24.5 Å². The van der Waals surface area contributed by atoms with Crippen molar-refractivity contribution in [1.82, 2.24) is 9.78 Å². The van der Waals surface area contributed by atoms with Crippen LogP contribution in [0.1, 0.15) is 21.7 Å². The topological polar surface area (TPSA) is 150 Å². The van der Waals surface area contributed by atoms with Gasteiger partial charge >= 0.3 is 0 Å². The molecule has 0 unspecified atom stereocenters. The molecule has 152 valence electrons.